The predicted molar refractivity (Wildman–Crippen MR) is 95.5 cm³/mol. The molecule has 2 rings (SSSR count). The number of benzene rings is 1. The largest absolute Gasteiger partial charge is 0.368 e. The average molecular weight is 345 g/mol. The van der Waals surface area contributed by atoms with Crippen molar-refractivity contribution in [3.05, 3.63) is 35.9 Å². The Hall–Kier alpha value is -2.37. The molecule has 1 aliphatic heterocycles. The number of hydrogen-bond acceptors (Lipinski definition) is 3. The van der Waals surface area contributed by atoms with Crippen molar-refractivity contribution in [1.29, 1.82) is 0 Å². The van der Waals surface area contributed by atoms with E-state index in [-0.39, 0.29) is 11.8 Å². The highest BCUT2D eigenvalue weighted by Gasteiger charge is 2.33. The fraction of sp³-hybridized carbons (Fsp3) is 0.526. The summed E-state index contributed by atoms with van der Waals surface area (Å²) in [7, 11) is 0. The maximum atomic E-state index is 12.5. The maximum absolute atomic E-state index is 12.5. The van der Waals surface area contributed by atoms with Crippen molar-refractivity contribution in [2.75, 3.05) is 6.54 Å². The molecule has 0 bridgehead atoms. The zero-order valence-electron chi connectivity index (χ0n) is 14.7. The molecule has 3 amide bonds. The number of amides is 3. The zero-order chi connectivity index (χ0) is 18.2. The molecule has 1 aromatic carbocycles. The van der Waals surface area contributed by atoms with Crippen LogP contribution in [0.3, 0.4) is 0 Å². The van der Waals surface area contributed by atoms with Gasteiger partial charge in [0.05, 0.1) is 0 Å². The van der Waals surface area contributed by atoms with Gasteiger partial charge in [-0.1, -0.05) is 30.3 Å². The van der Waals surface area contributed by atoms with Gasteiger partial charge in [0.15, 0.2) is 0 Å². The molecular weight excluding hydrogens is 318 g/mol. The highest BCUT2D eigenvalue weighted by atomic mass is 16.2. The monoisotopic (exact) mass is 345 g/mol. The molecular formula is C19H27N3O3. The third-order valence-corrected chi connectivity index (χ3v) is 4.57. The molecule has 1 aromatic rings. The van der Waals surface area contributed by atoms with Crippen molar-refractivity contribution in [3.8, 4) is 0 Å². The van der Waals surface area contributed by atoms with Crippen LogP contribution in [0.5, 0.6) is 0 Å². The SMILES string of the molecule is C[C@H](NC(=O)CCCc1ccccc1)C(=O)N1CCCC[C@H]1C(N)=O. The minimum absolute atomic E-state index is 0.149. The van der Waals surface area contributed by atoms with Gasteiger partial charge >= 0.3 is 0 Å². The summed E-state index contributed by atoms with van der Waals surface area (Å²) in [4.78, 5) is 37.7. The van der Waals surface area contributed by atoms with E-state index in [1.807, 2.05) is 30.3 Å². The Balaban J connectivity index is 1.79. The third kappa shape index (κ3) is 5.59. The summed E-state index contributed by atoms with van der Waals surface area (Å²) < 4.78 is 0. The Bertz CT molecular complexity index is 603. The molecule has 0 radical (unpaired) electrons. The van der Waals surface area contributed by atoms with Gasteiger partial charge in [-0.05, 0) is 44.6 Å². The van der Waals surface area contributed by atoms with E-state index in [0.29, 0.717) is 19.4 Å². The molecule has 0 spiro atoms. The Kier molecular flexibility index (Phi) is 6.98. The van der Waals surface area contributed by atoms with Gasteiger partial charge in [0.25, 0.3) is 0 Å². The van der Waals surface area contributed by atoms with Crippen LogP contribution in [0.1, 0.15) is 44.6 Å². The van der Waals surface area contributed by atoms with E-state index >= 15 is 0 Å². The number of nitrogens with one attached hydrogen (secondary N) is 1. The number of piperidine rings is 1. The van der Waals surface area contributed by atoms with Gasteiger partial charge in [0.1, 0.15) is 12.1 Å². The molecule has 1 saturated heterocycles. The summed E-state index contributed by atoms with van der Waals surface area (Å²) in [6, 6.07) is 8.77. The van der Waals surface area contributed by atoms with Gasteiger partial charge in [-0.3, -0.25) is 14.4 Å². The number of nitrogens with zero attached hydrogens (tertiary/aromatic N) is 1. The summed E-state index contributed by atoms with van der Waals surface area (Å²) in [5.74, 6) is -0.862. The number of primary amides is 1. The van der Waals surface area contributed by atoms with E-state index in [9.17, 15) is 14.4 Å². The standard InChI is InChI=1S/C19H27N3O3/c1-14(19(25)22-13-6-5-11-16(22)18(20)24)21-17(23)12-7-10-15-8-3-2-4-9-15/h2-4,8-9,14,16H,5-7,10-13H2,1H3,(H2,20,24)(H,21,23)/t14-,16-/m0/s1. The summed E-state index contributed by atoms with van der Waals surface area (Å²) >= 11 is 0. The van der Waals surface area contributed by atoms with Gasteiger partial charge in [-0.2, -0.15) is 0 Å². The second-order valence-corrected chi connectivity index (χ2v) is 6.57. The van der Waals surface area contributed by atoms with E-state index in [2.05, 4.69) is 5.32 Å². The van der Waals surface area contributed by atoms with E-state index in [1.165, 1.54) is 10.5 Å². The van der Waals surface area contributed by atoms with Crippen molar-refractivity contribution < 1.29 is 14.4 Å². The van der Waals surface area contributed by atoms with E-state index in [4.69, 9.17) is 5.73 Å². The molecule has 0 aromatic heterocycles. The number of hydrogen-bond donors (Lipinski definition) is 2. The number of rotatable bonds is 7. The molecule has 0 saturated carbocycles. The zero-order valence-corrected chi connectivity index (χ0v) is 14.7. The average Bonchev–Trinajstić information content (AvgIpc) is 2.61. The van der Waals surface area contributed by atoms with Crippen molar-refractivity contribution in [1.82, 2.24) is 10.2 Å². The summed E-state index contributed by atoms with van der Waals surface area (Å²) in [6.45, 7) is 2.17. The predicted octanol–water partition coefficient (Wildman–Crippen LogP) is 1.38. The van der Waals surface area contributed by atoms with Gasteiger partial charge < -0.3 is 16.0 Å². The van der Waals surface area contributed by atoms with Crippen molar-refractivity contribution in [2.45, 2.75) is 57.5 Å². The Morgan fingerprint density at radius 2 is 1.96 bits per heavy atom. The van der Waals surface area contributed by atoms with Crippen LogP contribution in [0.15, 0.2) is 30.3 Å². The fourth-order valence-corrected chi connectivity index (χ4v) is 3.21. The first-order valence-electron chi connectivity index (χ1n) is 8.92. The van der Waals surface area contributed by atoms with Gasteiger partial charge in [0, 0.05) is 13.0 Å². The van der Waals surface area contributed by atoms with Crippen LogP contribution in [0.2, 0.25) is 0 Å². The first-order chi connectivity index (χ1) is 12.0. The fourth-order valence-electron chi connectivity index (χ4n) is 3.21. The van der Waals surface area contributed by atoms with Crippen LogP contribution >= 0.6 is 0 Å². The molecule has 0 unspecified atom stereocenters. The second-order valence-electron chi connectivity index (χ2n) is 6.57. The molecule has 136 valence electrons. The summed E-state index contributed by atoms with van der Waals surface area (Å²) in [5, 5.41) is 2.74. The van der Waals surface area contributed by atoms with Crippen LogP contribution in [0.4, 0.5) is 0 Å². The summed E-state index contributed by atoms with van der Waals surface area (Å²) in [6.07, 6.45) is 4.26. The quantitative estimate of drug-likeness (QED) is 0.782. The Labute approximate surface area is 148 Å². The molecule has 25 heavy (non-hydrogen) atoms. The number of carbonyl (C=O) groups is 3. The lowest BCUT2D eigenvalue weighted by atomic mass is 10.0. The van der Waals surface area contributed by atoms with Gasteiger partial charge in [-0.25, -0.2) is 0 Å². The van der Waals surface area contributed by atoms with Gasteiger partial charge in [0.2, 0.25) is 17.7 Å². The van der Waals surface area contributed by atoms with E-state index < -0.39 is 18.0 Å². The third-order valence-electron chi connectivity index (χ3n) is 4.57. The minimum Gasteiger partial charge on any atom is -0.368 e. The molecule has 0 aliphatic carbocycles. The highest BCUT2D eigenvalue weighted by molar-refractivity contribution is 5.91. The lowest BCUT2D eigenvalue weighted by molar-refractivity contribution is -0.143. The number of carbonyl (C=O) groups excluding carboxylic acids is 3. The molecule has 6 nitrogen and oxygen atoms in total. The lowest BCUT2D eigenvalue weighted by Gasteiger charge is -2.35. The number of aryl methyl sites for hydroxylation is 1. The summed E-state index contributed by atoms with van der Waals surface area (Å²) in [5.41, 5.74) is 6.59. The van der Waals surface area contributed by atoms with Crippen molar-refractivity contribution >= 4 is 17.7 Å². The van der Waals surface area contributed by atoms with Crippen LogP contribution in [0.25, 0.3) is 0 Å². The first-order valence-corrected chi connectivity index (χ1v) is 8.92. The second kappa shape index (κ2) is 9.20. The molecule has 6 heteroatoms. The topological polar surface area (TPSA) is 92.5 Å². The van der Waals surface area contributed by atoms with E-state index in [0.717, 1.165) is 25.7 Å². The first kappa shape index (κ1) is 19.0. The molecule has 3 N–H and O–H groups in total. The smallest absolute Gasteiger partial charge is 0.245 e. The van der Waals surface area contributed by atoms with Crippen LogP contribution in [0, 0.1) is 0 Å². The molecule has 2 atom stereocenters. The van der Waals surface area contributed by atoms with Crippen LogP contribution < -0.4 is 11.1 Å². The molecule has 1 fully saturated rings. The maximum Gasteiger partial charge on any atom is 0.245 e. The molecule has 1 heterocycles. The van der Waals surface area contributed by atoms with E-state index in [1.54, 1.807) is 6.92 Å². The Morgan fingerprint density at radius 1 is 1.24 bits per heavy atom. The van der Waals surface area contributed by atoms with Gasteiger partial charge in [-0.15, -0.1) is 0 Å². The minimum atomic E-state index is -0.649. The van der Waals surface area contributed by atoms with Crippen LogP contribution in [-0.4, -0.2) is 41.2 Å². The normalized spacial score (nSPS) is 18.4. The Morgan fingerprint density at radius 3 is 2.64 bits per heavy atom. The van der Waals surface area contributed by atoms with Crippen LogP contribution in [-0.2, 0) is 20.8 Å². The van der Waals surface area contributed by atoms with Crippen molar-refractivity contribution in [3.63, 3.8) is 0 Å². The number of nitrogens with two attached hydrogens (primary N) is 1. The van der Waals surface area contributed by atoms with Crippen molar-refractivity contribution in [2.24, 2.45) is 5.73 Å². The number of likely N-dealkylation sites (tertiary alicyclic amines) is 1. The lowest BCUT2D eigenvalue weighted by Crippen LogP contribution is -2.56. The molecule has 1 aliphatic rings. The highest BCUT2D eigenvalue weighted by Crippen LogP contribution is 2.17.